The summed E-state index contributed by atoms with van der Waals surface area (Å²) >= 11 is 0. The Bertz CT molecular complexity index is 1250. The van der Waals surface area contributed by atoms with Gasteiger partial charge >= 0.3 is 0 Å². The van der Waals surface area contributed by atoms with E-state index >= 15 is 0 Å². The molecule has 1 aromatic heterocycles. The number of nitrogens with one attached hydrogen (secondary N) is 3. The van der Waals surface area contributed by atoms with Gasteiger partial charge in [-0.05, 0) is 55.2 Å². The Morgan fingerprint density at radius 3 is 2.82 bits per heavy atom. The van der Waals surface area contributed by atoms with E-state index in [2.05, 4.69) is 27.0 Å². The molecular formula is C26H24FN5O2. The molecular weight excluding hydrogens is 433 g/mol. The lowest BCUT2D eigenvalue weighted by atomic mass is 10.0. The topological polar surface area (TPSA) is 107 Å². The van der Waals surface area contributed by atoms with Gasteiger partial charge in [0, 0.05) is 18.7 Å². The van der Waals surface area contributed by atoms with E-state index in [4.69, 9.17) is 0 Å². The highest BCUT2D eigenvalue weighted by molar-refractivity contribution is 6.01. The van der Waals surface area contributed by atoms with Crippen molar-refractivity contribution in [1.82, 2.24) is 15.6 Å². The zero-order valence-corrected chi connectivity index (χ0v) is 18.5. The molecule has 172 valence electrons. The van der Waals surface area contributed by atoms with Crippen LogP contribution < -0.4 is 16.0 Å². The molecule has 1 fully saturated rings. The molecule has 1 saturated heterocycles. The van der Waals surface area contributed by atoms with Crippen LogP contribution in [0, 0.1) is 17.1 Å². The minimum Gasteiger partial charge on any atom is -0.369 e. The molecule has 3 aromatic rings. The lowest BCUT2D eigenvalue weighted by Crippen LogP contribution is -2.50. The maximum atomic E-state index is 13.5. The average Bonchev–Trinajstić information content (AvgIpc) is 2.85. The number of rotatable bonds is 7. The number of anilines is 1. The summed E-state index contributed by atoms with van der Waals surface area (Å²) in [6.07, 6.45) is 1.88. The van der Waals surface area contributed by atoms with Gasteiger partial charge in [-0.3, -0.25) is 9.59 Å². The van der Waals surface area contributed by atoms with Gasteiger partial charge in [-0.25, -0.2) is 9.37 Å². The van der Waals surface area contributed by atoms with E-state index in [1.165, 1.54) is 12.1 Å². The number of piperidine rings is 1. The average molecular weight is 458 g/mol. The van der Waals surface area contributed by atoms with Crippen LogP contribution in [0.5, 0.6) is 0 Å². The number of pyridine rings is 1. The Hall–Kier alpha value is -4.25. The van der Waals surface area contributed by atoms with Crippen LogP contribution in [-0.2, 0) is 11.2 Å². The second kappa shape index (κ2) is 10.6. The summed E-state index contributed by atoms with van der Waals surface area (Å²) in [5.41, 5.74) is 2.75. The lowest BCUT2D eigenvalue weighted by Gasteiger charge is -2.23. The highest BCUT2D eigenvalue weighted by Crippen LogP contribution is 2.25. The Balaban J connectivity index is 1.60. The quantitative estimate of drug-likeness (QED) is 0.504. The van der Waals surface area contributed by atoms with Gasteiger partial charge in [-0.15, -0.1) is 0 Å². The fraction of sp³-hybridized carbons (Fsp3) is 0.231. The van der Waals surface area contributed by atoms with E-state index in [1.807, 2.05) is 12.1 Å². The minimum atomic E-state index is -0.597. The van der Waals surface area contributed by atoms with Gasteiger partial charge in [0.25, 0.3) is 5.91 Å². The normalized spacial score (nSPS) is 15.2. The number of hydrogen-bond donors (Lipinski definition) is 3. The molecule has 3 N–H and O–H groups in total. The summed E-state index contributed by atoms with van der Waals surface area (Å²) < 4.78 is 13.5. The van der Waals surface area contributed by atoms with E-state index in [9.17, 15) is 19.2 Å². The van der Waals surface area contributed by atoms with Crippen molar-refractivity contribution in [1.29, 1.82) is 5.26 Å². The van der Waals surface area contributed by atoms with Gasteiger partial charge in [0.1, 0.15) is 17.7 Å². The van der Waals surface area contributed by atoms with Crippen LogP contribution in [0.1, 0.15) is 34.3 Å². The molecule has 2 heterocycles. The van der Waals surface area contributed by atoms with Crippen molar-refractivity contribution < 1.29 is 14.0 Å². The molecule has 1 aliphatic heterocycles. The first-order valence-corrected chi connectivity index (χ1v) is 11.1. The lowest BCUT2D eigenvalue weighted by molar-refractivity contribution is -0.124. The number of aromatic nitrogens is 1. The molecule has 0 bridgehead atoms. The summed E-state index contributed by atoms with van der Waals surface area (Å²) in [5.74, 6) is -0.595. The number of nitriles is 1. The number of benzene rings is 2. The Labute approximate surface area is 197 Å². The number of carbonyl (C=O) groups excluding carboxylic acids is 2. The molecule has 4 rings (SSSR count). The van der Waals surface area contributed by atoms with Gasteiger partial charge in [-0.2, -0.15) is 5.26 Å². The molecule has 7 nitrogen and oxygen atoms in total. The third-order valence-corrected chi connectivity index (χ3v) is 5.65. The summed E-state index contributed by atoms with van der Waals surface area (Å²) in [4.78, 5) is 29.8. The van der Waals surface area contributed by atoms with Gasteiger partial charge in [0.05, 0.1) is 22.9 Å². The SMILES string of the molecule is N#Cc1ccccc1-c1ccc(C(=O)N[C@H]2CCCNC2=O)c(NCCc2cccc(F)c2)n1. The number of nitrogens with zero attached hydrogens (tertiary/aromatic N) is 2. The Morgan fingerprint density at radius 1 is 1.18 bits per heavy atom. The largest absolute Gasteiger partial charge is 0.369 e. The molecule has 34 heavy (non-hydrogen) atoms. The van der Waals surface area contributed by atoms with Crippen molar-refractivity contribution in [3.63, 3.8) is 0 Å². The van der Waals surface area contributed by atoms with Crippen molar-refractivity contribution in [2.24, 2.45) is 0 Å². The van der Waals surface area contributed by atoms with E-state index in [0.29, 0.717) is 48.6 Å². The third kappa shape index (κ3) is 5.38. The van der Waals surface area contributed by atoms with Gasteiger partial charge in [0.15, 0.2) is 0 Å². The summed E-state index contributed by atoms with van der Waals surface area (Å²) in [6.45, 7) is 1.01. The molecule has 0 spiro atoms. The van der Waals surface area contributed by atoms with Crippen LogP contribution in [0.2, 0.25) is 0 Å². The van der Waals surface area contributed by atoms with Crippen LogP contribution in [-0.4, -0.2) is 35.9 Å². The molecule has 0 aliphatic carbocycles. The van der Waals surface area contributed by atoms with Crippen LogP contribution in [0.4, 0.5) is 10.2 Å². The molecule has 1 aliphatic rings. The van der Waals surface area contributed by atoms with Crippen LogP contribution >= 0.6 is 0 Å². The Kier molecular flexibility index (Phi) is 7.13. The van der Waals surface area contributed by atoms with Gasteiger partial charge in [-0.1, -0.05) is 30.3 Å². The minimum absolute atomic E-state index is 0.201. The third-order valence-electron chi connectivity index (χ3n) is 5.65. The fourth-order valence-electron chi connectivity index (χ4n) is 3.89. The van der Waals surface area contributed by atoms with Crippen molar-refractivity contribution in [2.45, 2.75) is 25.3 Å². The number of halogens is 1. The van der Waals surface area contributed by atoms with E-state index < -0.39 is 11.9 Å². The Morgan fingerprint density at radius 2 is 2.03 bits per heavy atom. The van der Waals surface area contributed by atoms with E-state index in [0.717, 1.165) is 12.0 Å². The second-order valence-corrected chi connectivity index (χ2v) is 8.02. The molecule has 1 atom stereocenters. The summed E-state index contributed by atoms with van der Waals surface area (Å²) in [5, 5.41) is 18.2. The van der Waals surface area contributed by atoms with Crippen molar-refractivity contribution in [3.8, 4) is 17.3 Å². The highest BCUT2D eigenvalue weighted by Gasteiger charge is 2.25. The molecule has 2 aromatic carbocycles. The predicted molar refractivity (Wildman–Crippen MR) is 126 cm³/mol. The van der Waals surface area contributed by atoms with Gasteiger partial charge in [0.2, 0.25) is 5.91 Å². The monoisotopic (exact) mass is 457 g/mol. The molecule has 0 unspecified atom stereocenters. The standard InChI is InChI=1S/C26H24FN5O2/c27-19-7-3-5-17(15-19)12-14-29-24-21(25(33)32-23-9-4-13-30-26(23)34)10-11-22(31-24)20-8-2-1-6-18(20)16-28/h1-3,5-8,10-11,15,23H,4,9,12-14H2,(H,29,31)(H,30,34)(H,32,33)/t23-/m0/s1. The zero-order valence-electron chi connectivity index (χ0n) is 18.5. The maximum Gasteiger partial charge on any atom is 0.255 e. The van der Waals surface area contributed by atoms with Crippen molar-refractivity contribution in [2.75, 3.05) is 18.4 Å². The van der Waals surface area contributed by atoms with Gasteiger partial charge < -0.3 is 16.0 Å². The smallest absolute Gasteiger partial charge is 0.255 e. The van der Waals surface area contributed by atoms with Crippen molar-refractivity contribution in [3.05, 3.63) is 83.2 Å². The first-order chi connectivity index (χ1) is 16.5. The first kappa shape index (κ1) is 22.9. The maximum absolute atomic E-state index is 13.5. The van der Waals surface area contributed by atoms with Crippen LogP contribution in [0.25, 0.3) is 11.3 Å². The van der Waals surface area contributed by atoms with E-state index in [-0.39, 0.29) is 17.3 Å². The number of amides is 2. The van der Waals surface area contributed by atoms with Crippen molar-refractivity contribution >= 4 is 17.6 Å². The fourth-order valence-corrected chi connectivity index (χ4v) is 3.89. The zero-order chi connectivity index (χ0) is 23.9. The van der Waals surface area contributed by atoms with E-state index in [1.54, 1.807) is 36.4 Å². The van der Waals surface area contributed by atoms with Crippen LogP contribution in [0.15, 0.2) is 60.7 Å². The summed E-state index contributed by atoms with van der Waals surface area (Å²) in [6, 6.07) is 18.3. The second-order valence-electron chi connectivity index (χ2n) is 8.02. The molecule has 8 heteroatoms. The number of hydrogen-bond acceptors (Lipinski definition) is 5. The molecule has 0 radical (unpaired) electrons. The predicted octanol–water partition coefficient (Wildman–Crippen LogP) is 3.42. The van der Waals surface area contributed by atoms with Crippen LogP contribution in [0.3, 0.4) is 0 Å². The summed E-state index contributed by atoms with van der Waals surface area (Å²) in [7, 11) is 0. The molecule has 2 amide bonds. The highest BCUT2D eigenvalue weighted by atomic mass is 19.1. The first-order valence-electron chi connectivity index (χ1n) is 11.1. The molecule has 0 saturated carbocycles. The number of carbonyl (C=O) groups is 2.